The number of rotatable bonds is 6. The van der Waals surface area contributed by atoms with Gasteiger partial charge in [-0.15, -0.1) is 0 Å². The van der Waals surface area contributed by atoms with Crippen LogP contribution in [-0.4, -0.2) is 52.0 Å². The summed E-state index contributed by atoms with van der Waals surface area (Å²) >= 11 is 0. The molecular formula is C23H30N6O3. The number of anilines is 1. The molecule has 170 valence electrons. The highest BCUT2D eigenvalue weighted by atomic mass is 16.5. The zero-order chi connectivity index (χ0) is 21.9. The maximum atomic E-state index is 6.16. The normalized spacial score (nSPS) is 18.5. The number of hydrogen-bond acceptors (Lipinski definition) is 8. The van der Waals surface area contributed by atoms with E-state index in [1.54, 1.807) is 4.52 Å². The standard InChI is InChI=1S/C23H30N6O3/c1-15(2)18-14-26-29-21(18)27-23(32-17-7-4-9-24-13-17)28-22(29)25-12-16-6-3-8-19-20(16)31-11-5-10-30-19/h3,6,8,14-15,17,24H,4-5,7,9-13H2,1-2H3,(H,25,27,28). The molecule has 0 aliphatic carbocycles. The number of benzene rings is 1. The molecule has 2 aromatic heterocycles. The smallest absolute Gasteiger partial charge is 0.322 e. The van der Waals surface area contributed by atoms with Crippen molar-refractivity contribution in [2.75, 3.05) is 31.6 Å². The van der Waals surface area contributed by atoms with Gasteiger partial charge >= 0.3 is 6.01 Å². The average Bonchev–Trinajstić information content (AvgIpc) is 3.08. The largest absolute Gasteiger partial charge is 0.490 e. The van der Waals surface area contributed by atoms with E-state index in [0.29, 0.717) is 31.7 Å². The Hall–Kier alpha value is -3.07. The van der Waals surface area contributed by atoms with E-state index in [2.05, 4.69) is 34.6 Å². The van der Waals surface area contributed by atoms with Gasteiger partial charge in [-0.05, 0) is 31.4 Å². The summed E-state index contributed by atoms with van der Waals surface area (Å²) in [6.45, 7) is 7.92. The second-order valence-corrected chi connectivity index (χ2v) is 8.55. The zero-order valence-electron chi connectivity index (χ0n) is 18.6. The molecule has 1 aromatic carbocycles. The van der Waals surface area contributed by atoms with Crippen LogP contribution in [0.1, 0.15) is 50.2 Å². The van der Waals surface area contributed by atoms with E-state index >= 15 is 0 Å². The summed E-state index contributed by atoms with van der Waals surface area (Å²) in [6, 6.07) is 6.34. The Bertz CT molecular complexity index is 1080. The number of piperidine rings is 1. The van der Waals surface area contributed by atoms with Crippen LogP contribution in [-0.2, 0) is 6.54 Å². The molecule has 0 spiro atoms. The van der Waals surface area contributed by atoms with Gasteiger partial charge < -0.3 is 24.8 Å². The van der Waals surface area contributed by atoms with E-state index < -0.39 is 0 Å². The lowest BCUT2D eigenvalue weighted by molar-refractivity contribution is 0.153. The van der Waals surface area contributed by atoms with Crippen molar-refractivity contribution in [3.8, 4) is 17.5 Å². The van der Waals surface area contributed by atoms with Crippen LogP contribution in [0.25, 0.3) is 5.65 Å². The van der Waals surface area contributed by atoms with Crippen LogP contribution >= 0.6 is 0 Å². The number of hydrogen-bond donors (Lipinski definition) is 2. The number of nitrogens with one attached hydrogen (secondary N) is 2. The summed E-state index contributed by atoms with van der Waals surface area (Å²) in [4.78, 5) is 9.37. The number of fused-ring (bicyclic) bond motifs is 2. The predicted octanol–water partition coefficient (Wildman–Crippen LogP) is 3.15. The van der Waals surface area contributed by atoms with E-state index in [1.807, 2.05) is 24.4 Å². The van der Waals surface area contributed by atoms with E-state index in [0.717, 1.165) is 60.6 Å². The van der Waals surface area contributed by atoms with Crippen molar-refractivity contribution >= 4 is 11.6 Å². The lowest BCUT2D eigenvalue weighted by Gasteiger charge is -2.23. The Morgan fingerprint density at radius 3 is 2.97 bits per heavy atom. The third kappa shape index (κ3) is 4.29. The molecule has 0 amide bonds. The lowest BCUT2D eigenvalue weighted by Crippen LogP contribution is -2.37. The number of ether oxygens (including phenoxy) is 3. The minimum atomic E-state index is 0.0694. The van der Waals surface area contributed by atoms with Crippen molar-refractivity contribution in [3.05, 3.63) is 35.5 Å². The summed E-state index contributed by atoms with van der Waals surface area (Å²) in [5.74, 6) is 2.45. The van der Waals surface area contributed by atoms with E-state index in [4.69, 9.17) is 19.2 Å². The number of aromatic nitrogens is 4. The monoisotopic (exact) mass is 438 g/mol. The highest BCUT2D eigenvalue weighted by molar-refractivity contribution is 5.54. The SMILES string of the molecule is CC(C)c1cnn2c(NCc3cccc4c3OCCCO4)nc(OC3CCCNC3)nc12. The summed E-state index contributed by atoms with van der Waals surface area (Å²) in [7, 11) is 0. The molecule has 1 fully saturated rings. The molecule has 9 nitrogen and oxygen atoms in total. The van der Waals surface area contributed by atoms with Crippen molar-refractivity contribution in [2.45, 2.75) is 51.7 Å². The molecule has 1 saturated heterocycles. The maximum absolute atomic E-state index is 6.16. The van der Waals surface area contributed by atoms with Crippen LogP contribution in [0.4, 0.5) is 5.95 Å². The zero-order valence-corrected chi connectivity index (χ0v) is 18.6. The van der Waals surface area contributed by atoms with Crippen LogP contribution in [0.5, 0.6) is 17.5 Å². The lowest BCUT2D eigenvalue weighted by atomic mass is 10.1. The van der Waals surface area contributed by atoms with Crippen molar-refractivity contribution in [3.63, 3.8) is 0 Å². The third-order valence-electron chi connectivity index (χ3n) is 5.81. The molecule has 0 bridgehead atoms. The molecule has 2 N–H and O–H groups in total. The second kappa shape index (κ2) is 9.20. The van der Waals surface area contributed by atoms with Gasteiger partial charge in [0.05, 0.1) is 19.4 Å². The number of para-hydroxylation sites is 1. The number of nitrogens with zero attached hydrogens (tertiary/aromatic N) is 4. The van der Waals surface area contributed by atoms with Gasteiger partial charge in [0, 0.05) is 30.6 Å². The highest BCUT2D eigenvalue weighted by Gasteiger charge is 2.21. The van der Waals surface area contributed by atoms with Crippen molar-refractivity contribution in [1.29, 1.82) is 0 Å². The molecule has 9 heteroatoms. The first-order valence-electron chi connectivity index (χ1n) is 11.4. The summed E-state index contributed by atoms with van der Waals surface area (Å²) in [5.41, 5.74) is 2.83. The first kappa shape index (κ1) is 20.8. The molecule has 1 unspecified atom stereocenters. The molecule has 2 aliphatic heterocycles. The van der Waals surface area contributed by atoms with E-state index in [9.17, 15) is 0 Å². The molecule has 1 atom stereocenters. The van der Waals surface area contributed by atoms with Gasteiger partial charge in [0.1, 0.15) is 6.10 Å². The Labute approximate surface area is 187 Å². The van der Waals surface area contributed by atoms with Crippen LogP contribution < -0.4 is 24.8 Å². The fraction of sp³-hybridized carbons (Fsp3) is 0.522. The Morgan fingerprint density at radius 1 is 1.22 bits per heavy atom. The summed E-state index contributed by atoms with van der Waals surface area (Å²) in [5, 5.41) is 11.3. The average molecular weight is 439 g/mol. The Morgan fingerprint density at radius 2 is 2.12 bits per heavy atom. The molecule has 5 rings (SSSR count). The summed E-state index contributed by atoms with van der Waals surface area (Å²) in [6.07, 6.45) is 4.88. The van der Waals surface area contributed by atoms with Gasteiger partial charge in [0.15, 0.2) is 17.1 Å². The van der Waals surface area contributed by atoms with Gasteiger partial charge in [0.2, 0.25) is 5.95 Å². The molecule has 0 saturated carbocycles. The Kier molecular flexibility index (Phi) is 5.98. The van der Waals surface area contributed by atoms with Crippen molar-refractivity contribution < 1.29 is 14.2 Å². The molecule has 3 aromatic rings. The molecule has 32 heavy (non-hydrogen) atoms. The van der Waals surface area contributed by atoms with Gasteiger partial charge in [0.25, 0.3) is 0 Å². The Balaban J connectivity index is 1.45. The van der Waals surface area contributed by atoms with Crippen LogP contribution in [0.3, 0.4) is 0 Å². The second-order valence-electron chi connectivity index (χ2n) is 8.55. The van der Waals surface area contributed by atoms with Crippen LogP contribution in [0.15, 0.2) is 24.4 Å². The quantitative estimate of drug-likeness (QED) is 0.606. The topological polar surface area (TPSA) is 94.8 Å². The maximum Gasteiger partial charge on any atom is 0.322 e. The predicted molar refractivity (Wildman–Crippen MR) is 121 cm³/mol. The van der Waals surface area contributed by atoms with Crippen LogP contribution in [0, 0.1) is 0 Å². The van der Waals surface area contributed by atoms with Crippen LogP contribution in [0.2, 0.25) is 0 Å². The molecule has 0 radical (unpaired) electrons. The van der Waals surface area contributed by atoms with Crippen molar-refractivity contribution in [1.82, 2.24) is 24.9 Å². The first-order valence-corrected chi connectivity index (χ1v) is 11.4. The molecular weight excluding hydrogens is 408 g/mol. The summed E-state index contributed by atoms with van der Waals surface area (Å²) < 4.78 is 19.7. The fourth-order valence-electron chi connectivity index (χ4n) is 4.09. The minimum Gasteiger partial charge on any atom is -0.490 e. The van der Waals surface area contributed by atoms with Gasteiger partial charge in [-0.25, -0.2) is 0 Å². The molecule has 4 heterocycles. The van der Waals surface area contributed by atoms with E-state index in [1.165, 1.54) is 0 Å². The molecule has 2 aliphatic rings. The van der Waals surface area contributed by atoms with Crippen molar-refractivity contribution in [2.24, 2.45) is 0 Å². The van der Waals surface area contributed by atoms with Gasteiger partial charge in [-0.1, -0.05) is 26.0 Å². The third-order valence-corrected chi connectivity index (χ3v) is 5.81. The van der Waals surface area contributed by atoms with Gasteiger partial charge in [-0.3, -0.25) is 0 Å². The minimum absolute atomic E-state index is 0.0694. The van der Waals surface area contributed by atoms with Gasteiger partial charge in [-0.2, -0.15) is 19.6 Å². The van der Waals surface area contributed by atoms with E-state index in [-0.39, 0.29) is 12.0 Å². The first-order chi connectivity index (χ1) is 15.7. The fourth-order valence-corrected chi connectivity index (χ4v) is 4.09. The highest BCUT2D eigenvalue weighted by Crippen LogP contribution is 2.33.